The summed E-state index contributed by atoms with van der Waals surface area (Å²) in [5, 5.41) is 2.98. The van der Waals surface area contributed by atoms with Gasteiger partial charge < -0.3 is 5.32 Å². The molecule has 5 nitrogen and oxygen atoms in total. The van der Waals surface area contributed by atoms with Crippen molar-refractivity contribution in [2.24, 2.45) is 0 Å². The number of pyridine rings is 1. The molecule has 2 aromatic heterocycles. The Morgan fingerprint density at radius 2 is 1.86 bits per heavy atom. The van der Waals surface area contributed by atoms with Crippen molar-refractivity contribution in [3.05, 3.63) is 60.6 Å². The number of carbonyl (C=O) groups is 1. The monoisotopic (exact) mass is 294 g/mol. The second kappa shape index (κ2) is 5.97. The summed E-state index contributed by atoms with van der Waals surface area (Å²) < 4.78 is 1.82. The lowest BCUT2D eigenvalue weighted by Gasteiger charge is -2.20. The van der Waals surface area contributed by atoms with Gasteiger partial charge in [-0.15, -0.1) is 0 Å². The van der Waals surface area contributed by atoms with Crippen molar-refractivity contribution in [3.8, 4) is 0 Å². The molecule has 112 valence electrons. The molecule has 5 heteroatoms. The van der Waals surface area contributed by atoms with E-state index in [1.54, 1.807) is 12.5 Å². The van der Waals surface area contributed by atoms with Gasteiger partial charge in [0.15, 0.2) is 5.65 Å². The molecule has 0 radical (unpaired) electrons. The molecule has 3 aromatic rings. The predicted molar refractivity (Wildman–Crippen MR) is 85.4 cm³/mol. The van der Waals surface area contributed by atoms with Gasteiger partial charge in [-0.25, -0.2) is 9.97 Å². The lowest BCUT2D eigenvalue weighted by atomic mass is 10.1. The number of hydrogen-bond donors (Lipinski definition) is 1. The standard InChI is InChI=1S/C17H18N4O/c1-12(2)20-17(22)15(13-7-4-3-5-8-13)21-11-19-14-9-6-10-18-16(14)21/h3-12,15H,1-2H3,(H,20,22). The van der Waals surface area contributed by atoms with Crippen LogP contribution in [0.4, 0.5) is 0 Å². The van der Waals surface area contributed by atoms with Crippen molar-refractivity contribution in [1.82, 2.24) is 19.9 Å². The van der Waals surface area contributed by atoms with Crippen molar-refractivity contribution < 1.29 is 4.79 Å². The van der Waals surface area contributed by atoms with Gasteiger partial charge in [0, 0.05) is 12.2 Å². The Hall–Kier alpha value is -2.69. The number of rotatable bonds is 4. The maximum absolute atomic E-state index is 12.7. The molecule has 1 amide bonds. The normalized spacial score (nSPS) is 12.5. The molecule has 1 aromatic carbocycles. The number of amides is 1. The molecule has 0 bridgehead atoms. The fraction of sp³-hybridized carbons (Fsp3) is 0.235. The van der Waals surface area contributed by atoms with Crippen molar-refractivity contribution in [3.63, 3.8) is 0 Å². The van der Waals surface area contributed by atoms with Gasteiger partial charge in [-0.05, 0) is 31.5 Å². The van der Waals surface area contributed by atoms with Crippen LogP contribution < -0.4 is 5.32 Å². The van der Waals surface area contributed by atoms with Crippen LogP contribution >= 0.6 is 0 Å². The van der Waals surface area contributed by atoms with E-state index in [1.165, 1.54) is 0 Å². The molecule has 0 aliphatic carbocycles. The third-order valence-corrected chi connectivity index (χ3v) is 3.40. The number of fused-ring (bicyclic) bond motifs is 1. The lowest BCUT2D eigenvalue weighted by molar-refractivity contribution is -0.123. The summed E-state index contributed by atoms with van der Waals surface area (Å²) in [7, 11) is 0. The van der Waals surface area contributed by atoms with Crippen LogP contribution in [0, 0.1) is 0 Å². The third-order valence-electron chi connectivity index (χ3n) is 3.40. The first kappa shape index (κ1) is 14.3. The summed E-state index contributed by atoms with van der Waals surface area (Å²) in [6.07, 6.45) is 3.39. The first-order valence-electron chi connectivity index (χ1n) is 7.29. The molecule has 0 fully saturated rings. The van der Waals surface area contributed by atoms with Gasteiger partial charge in [0.05, 0.1) is 6.33 Å². The number of imidazole rings is 1. The Morgan fingerprint density at radius 1 is 1.09 bits per heavy atom. The Balaban J connectivity index is 2.11. The average Bonchev–Trinajstić information content (AvgIpc) is 2.92. The van der Waals surface area contributed by atoms with E-state index < -0.39 is 6.04 Å². The first-order chi connectivity index (χ1) is 10.7. The van der Waals surface area contributed by atoms with Crippen molar-refractivity contribution in [2.45, 2.75) is 25.9 Å². The highest BCUT2D eigenvalue weighted by atomic mass is 16.2. The van der Waals surface area contributed by atoms with Crippen molar-refractivity contribution in [1.29, 1.82) is 0 Å². The van der Waals surface area contributed by atoms with Crippen LogP contribution in [-0.4, -0.2) is 26.5 Å². The van der Waals surface area contributed by atoms with Gasteiger partial charge in [0.1, 0.15) is 11.6 Å². The molecular weight excluding hydrogens is 276 g/mol. The smallest absolute Gasteiger partial charge is 0.248 e. The van der Waals surface area contributed by atoms with E-state index in [-0.39, 0.29) is 11.9 Å². The van der Waals surface area contributed by atoms with E-state index in [4.69, 9.17) is 0 Å². The molecule has 0 aliphatic rings. The van der Waals surface area contributed by atoms with Gasteiger partial charge >= 0.3 is 0 Å². The topological polar surface area (TPSA) is 59.8 Å². The molecule has 3 rings (SSSR count). The first-order valence-corrected chi connectivity index (χ1v) is 7.29. The zero-order valence-corrected chi connectivity index (χ0v) is 12.6. The van der Waals surface area contributed by atoms with Crippen LogP contribution in [0.1, 0.15) is 25.5 Å². The Labute approximate surface area is 129 Å². The molecule has 2 heterocycles. The summed E-state index contributed by atoms with van der Waals surface area (Å²) in [5.41, 5.74) is 2.39. The van der Waals surface area contributed by atoms with Gasteiger partial charge in [-0.1, -0.05) is 30.3 Å². The highest BCUT2D eigenvalue weighted by molar-refractivity contribution is 5.85. The molecule has 0 saturated heterocycles. The van der Waals surface area contributed by atoms with Crippen LogP contribution in [0.5, 0.6) is 0 Å². The van der Waals surface area contributed by atoms with Crippen molar-refractivity contribution in [2.75, 3.05) is 0 Å². The van der Waals surface area contributed by atoms with E-state index in [9.17, 15) is 4.79 Å². The molecule has 1 unspecified atom stereocenters. The quantitative estimate of drug-likeness (QED) is 0.804. The molecule has 0 saturated carbocycles. The third kappa shape index (κ3) is 2.70. The molecule has 0 aliphatic heterocycles. The van der Waals surface area contributed by atoms with E-state index >= 15 is 0 Å². The van der Waals surface area contributed by atoms with E-state index in [1.807, 2.05) is 60.9 Å². The molecule has 0 spiro atoms. The van der Waals surface area contributed by atoms with E-state index in [2.05, 4.69) is 15.3 Å². The minimum Gasteiger partial charge on any atom is -0.352 e. The Morgan fingerprint density at radius 3 is 2.59 bits per heavy atom. The number of aromatic nitrogens is 3. The summed E-state index contributed by atoms with van der Waals surface area (Å²) >= 11 is 0. The van der Waals surface area contributed by atoms with Gasteiger partial charge in [0.2, 0.25) is 5.91 Å². The zero-order chi connectivity index (χ0) is 15.5. The molecule has 22 heavy (non-hydrogen) atoms. The maximum Gasteiger partial charge on any atom is 0.248 e. The number of carbonyl (C=O) groups excluding carboxylic acids is 1. The SMILES string of the molecule is CC(C)NC(=O)C(c1ccccc1)n1cnc2cccnc21. The van der Waals surface area contributed by atoms with E-state index in [0.717, 1.165) is 11.1 Å². The molecule has 1 N–H and O–H groups in total. The van der Waals surface area contributed by atoms with Gasteiger partial charge in [-0.3, -0.25) is 9.36 Å². The minimum absolute atomic E-state index is 0.0637. The van der Waals surface area contributed by atoms with Crippen LogP contribution in [0.3, 0.4) is 0 Å². The molecular formula is C17H18N4O. The van der Waals surface area contributed by atoms with Crippen LogP contribution in [0.15, 0.2) is 55.0 Å². The zero-order valence-electron chi connectivity index (χ0n) is 12.6. The van der Waals surface area contributed by atoms with Crippen LogP contribution in [0.2, 0.25) is 0 Å². The predicted octanol–water partition coefficient (Wildman–Crippen LogP) is 2.55. The van der Waals surface area contributed by atoms with Gasteiger partial charge in [0.25, 0.3) is 0 Å². The average molecular weight is 294 g/mol. The number of nitrogens with one attached hydrogen (secondary N) is 1. The summed E-state index contributed by atoms with van der Waals surface area (Å²) in [6.45, 7) is 3.90. The summed E-state index contributed by atoms with van der Waals surface area (Å²) in [6, 6.07) is 13.0. The number of hydrogen-bond acceptors (Lipinski definition) is 3. The Kier molecular flexibility index (Phi) is 3.87. The largest absolute Gasteiger partial charge is 0.352 e. The van der Waals surface area contributed by atoms with Crippen LogP contribution in [-0.2, 0) is 4.79 Å². The van der Waals surface area contributed by atoms with E-state index in [0.29, 0.717) is 5.65 Å². The number of benzene rings is 1. The second-order valence-corrected chi connectivity index (χ2v) is 5.47. The maximum atomic E-state index is 12.7. The highest BCUT2D eigenvalue weighted by Gasteiger charge is 2.24. The number of nitrogens with zero attached hydrogens (tertiary/aromatic N) is 3. The lowest BCUT2D eigenvalue weighted by Crippen LogP contribution is -2.37. The fourth-order valence-corrected chi connectivity index (χ4v) is 2.49. The second-order valence-electron chi connectivity index (χ2n) is 5.47. The molecule has 1 atom stereocenters. The van der Waals surface area contributed by atoms with Crippen molar-refractivity contribution >= 4 is 17.1 Å². The Bertz CT molecular complexity index is 779. The van der Waals surface area contributed by atoms with Crippen LogP contribution in [0.25, 0.3) is 11.2 Å². The van der Waals surface area contributed by atoms with Gasteiger partial charge in [-0.2, -0.15) is 0 Å². The summed E-state index contributed by atoms with van der Waals surface area (Å²) in [5.74, 6) is -0.0637. The fourth-order valence-electron chi connectivity index (χ4n) is 2.49. The highest BCUT2D eigenvalue weighted by Crippen LogP contribution is 2.23. The minimum atomic E-state index is -0.483. The summed E-state index contributed by atoms with van der Waals surface area (Å²) in [4.78, 5) is 21.4.